The maximum Gasteiger partial charge on any atom is 0.231 e. The number of carbonyl (C=O) groups excluding carboxylic acids is 2. The van der Waals surface area contributed by atoms with Crippen LogP contribution in [0, 0.1) is 5.92 Å². The molecule has 1 aromatic carbocycles. The first kappa shape index (κ1) is 17.0. The van der Waals surface area contributed by atoms with Crippen LogP contribution in [0.2, 0.25) is 0 Å². The number of anilines is 1. The summed E-state index contributed by atoms with van der Waals surface area (Å²) in [6, 6.07) is 7.60. The topological polar surface area (TPSA) is 84.4 Å². The fraction of sp³-hybridized carbons (Fsp3) is 0.444. The molecule has 26 heavy (non-hydrogen) atoms. The van der Waals surface area contributed by atoms with E-state index in [9.17, 15) is 9.59 Å². The van der Waals surface area contributed by atoms with Crippen molar-refractivity contribution in [1.29, 1.82) is 0 Å². The molecular weight excluding hydrogens is 352 g/mol. The lowest BCUT2D eigenvalue weighted by molar-refractivity contribution is -0.128. The van der Waals surface area contributed by atoms with Gasteiger partial charge in [0.05, 0.1) is 13.0 Å². The van der Waals surface area contributed by atoms with Crippen LogP contribution in [0.5, 0.6) is 5.75 Å². The van der Waals surface area contributed by atoms with Gasteiger partial charge in [-0.2, -0.15) is 0 Å². The number of methoxy groups -OCH3 is 1. The lowest BCUT2D eigenvalue weighted by atomic mass is 10.1. The van der Waals surface area contributed by atoms with E-state index in [1.807, 2.05) is 24.3 Å². The largest absolute Gasteiger partial charge is 0.496 e. The van der Waals surface area contributed by atoms with Crippen molar-refractivity contribution in [2.24, 2.45) is 5.92 Å². The second kappa shape index (κ2) is 7.03. The van der Waals surface area contributed by atoms with Crippen LogP contribution in [-0.2, 0) is 16.1 Å². The van der Waals surface area contributed by atoms with Crippen LogP contribution >= 0.6 is 11.3 Å². The van der Waals surface area contributed by atoms with Crippen molar-refractivity contribution in [3.8, 4) is 5.75 Å². The molecule has 2 aliphatic rings. The molecule has 4 rings (SSSR count). The van der Waals surface area contributed by atoms with Gasteiger partial charge in [0.25, 0.3) is 0 Å². The van der Waals surface area contributed by atoms with Gasteiger partial charge in [-0.15, -0.1) is 10.2 Å². The number of hydrogen-bond donors (Lipinski definition) is 1. The minimum Gasteiger partial charge on any atom is -0.496 e. The average Bonchev–Trinajstić information content (AvgIpc) is 3.29. The third-order valence-electron chi connectivity index (χ3n) is 4.74. The second-order valence-corrected chi connectivity index (χ2v) is 7.71. The molecule has 1 atom stereocenters. The molecule has 1 aliphatic heterocycles. The van der Waals surface area contributed by atoms with Gasteiger partial charge in [0.15, 0.2) is 0 Å². The predicted octanol–water partition coefficient (Wildman–Crippen LogP) is 2.41. The minimum absolute atomic E-state index is 0.0213. The number of benzene rings is 1. The van der Waals surface area contributed by atoms with Crippen LogP contribution in [0.15, 0.2) is 24.3 Å². The van der Waals surface area contributed by atoms with Gasteiger partial charge >= 0.3 is 0 Å². The van der Waals surface area contributed by atoms with Crippen LogP contribution in [0.25, 0.3) is 0 Å². The quantitative estimate of drug-likeness (QED) is 0.842. The van der Waals surface area contributed by atoms with Crippen LogP contribution in [-0.4, -0.2) is 40.6 Å². The second-order valence-electron chi connectivity index (χ2n) is 6.70. The molecule has 7 nitrogen and oxygen atoms in total. The smallest absolute Gasteiger partial charge is 0.231 e. The fourth-order valence-electron chi connectivity index (χ4n) is 3.13. The van der Waals surface area contributed by atoms with Crippen LogP contribution in [0.4, 0.5) is 5.13 Å². The Labute approximate surface area is 155 Å². The van der Waals surface area contributed by atoms with E-state index in [1.54, 1.807) is 12.0 Å². The number of hydrogen-bond acceptors (Lipinski definition) is 6. The van der Waals surface area contributed by atoms with Gasteiger partial charge in [-0.1, -0.05) is 29.5 Å². The van der Waals surface area contributed by atoms with E-state index in [1.165, 1.54) is 11.3 Å². The lowest BCUT2D eigenvalue weighted by Crippen LogP contribution is -2.28. The van der Waals surface area contributed by atoms with Crippen LogP contribution in [0.1, 0.15) is 35.8 Å². The molecule has 1 aliphatic carbocycles. The van der Waals surface area contributed by atoms with Gasteiger partial charge < -0.3 is 15.0 Å². The van der Waals surface area contributed by atoms with Crippen molar-refractivity contribution < 1.29 is 14.3 Å². The molecule has 1 aromatic heterocycles. The third-order valence-corrected chi connectivity index (χ3v) is 5.74. The van der Waals surface area contributed by atoms with Crippen LogP contribution < -0.4 is 10.1 Å². The maximum atomic E-state index is 12.5. The highest BCUT2D eigenvalue weighted by atomic mass is 32.1. The summed E-state index contributed by atoms with van der Waals surface area (Å²) in [5.41, 5.74) is 0.933. The van der Waals surface area contributed by atoms with Crippen molar-refractivity contribution >= 4 is 28.3 Å². The number of nitrogens with zero attached hydrogens (tertiary/aromatic N) is 3. The van der Waals surface area contributed by atoms with Crippen molar-refractivity contribution in [1.82, 2.24) is 15.1 Å². The van der Waals surface area contributed by atoms with Crippen molar-refractivity contribution in [3.05, 3.63) is 34.8 Å². The molecule has 1 saturated carbocycles. The number of para-hydroxylation sites is 1. The zero-order chi connectivity index (χ0) is 18.1. The van der Waals surface area contributed by atoms with E-state index < -0.39 is 0 Å². The molecule has 2 fully saturated rings. The molecule has 0 bridgehead atoms. The molecular formula is C18H20N4O3S. The predicted molar refractivity (Wildman–Crippen MR) is 97.0 cm³/mol. The Morgan fingerprint density at radius 3 is 2.92 bits per heavy atom. The Balaban J connectivity index is 1.37. The number of likely N-dealkylation sites (tertiary alicyclic amines) is 1. The van der Waals surface area contributed by atoms with E-state index in [4.69, 9.17) is 4.74 Å². The first-order valence-electron chi connectivity index (χ1n) is 8.68. The van der Waals surface area contributed by atoms with E-state index in [0.29, 0.717) is 24.1 Å². The van der Waals surface area contributed by atoms with E-state index >= 15 is 0 Å². The molecule has 2 amide bonds. The summed E-state index contributed by atoms with van der Waals surface area (Å²) in [5, 5.41) is 12.5. The Morgan fingerprint density at radius 2 is 2.15 bits per heavy atom. The summed E-state index contributed by atoms with van der Waals surface area (Å²) in [5.74, 6) is 0.703. The van der Waals surface area contributed by atoms with E-state index in [-0.39, 0.29) is 24.2 Å². The summed E-state index contributed by atoms with van der Waals surface area (Å²) in [6.07, 6.45) is 2.52. The molecule has 2 aromatic rings. The van der Waals surface area contributed by atoms with Gasteiger partial charge in [0.2, 0.25) is 16.9 Å². The Bertz CT molecular complexity index is 833. The molecule has 0 spiro atoms. The SMILES string of the molecule is COc1ccccc1CN1C[C@@H](C(=O)Nc2nnc(C3CC3)s2)CC1=O. The molecule has 0 radical (unpaired) electrons. The third kappa shape index (κ3) is 3.55. The number of ether oxygens (including phenoxy) is 1. The van der Waals surface area contributed by atoms with E-state index in [2.05, 4.69) is 15.5 Å². The highest BCUT2D eigenvalue weighted by molar-refractivity contribution is 7.15. The minimum atomic E-state index is -0.370. The number of aromatic nitrogens is 2. The molecule has 136 valence electrons. The van der Waals surface area contributed by atoms with Crippen molar-refractivity contribution in [2.75, 3.05) is 19.0 Å². The number of rotatable bonds is 6. The van der Waals surface area contributed by atoms with Gasteiger partial charge in [-0.3, -0.25) is 9.59 Å². The first-order valence-corrected chi connectivity index (χ1v) is 9.49. The summed E-state index contributed by atoms with van der Waals surface area (Å²) in [6.45, 7) is 0.842. The molecule has 8 heteroatoms. The zero-order valence-corrected chi connectivity index (χ0v) is 15.3. The monoisotopic (exact) mass is 372 g/mol. The number of nitrogens with one attached hydrogen (secondary N) is 1. The van der Waals surface area contributed by atoms with Crippen molar-refractivity contribution in [3.63, 3.8) is 0 Å². The number of amides is 2. The first-order chi connectivity index (χ1) is 12.6. The van der Waals surface area contributed by atoms with Gasteiger partial charge in [0.1, 0.15) is 10.8 Å². The zero-order valence-electron chi connectivity index (χ0n) is 14.5. The van der Waals surface area contributed by atoms with Crippen molar-refractivity contribution in [2.45, 2.75) is 31.7 Å². The normalized spacial score (nSPS) is 19.7. The van der Waals surface area contributed by atoms with Gasteiger partial charge in [-0.05, 0) is 18.9 Å². The maximum absolute atomic E-state index is 12.5. The molecule has 1 saturated heterocycles. The number of carbonyl (C=O) groups is 2. The summed E-state index contributed by atoms with van der Waals surface area (Å²) in [4.78, 5) is 26.5. The highest BCUT2D eigenvalue weighted by Crippen LogP contribution is 2.42. The summed E-state index contributed by atoms with van der Waals surface area (Å²) >= 11 is 1.43. The Kier molecular flexibility index (Phi) is 4.58. The lowest BCUT2D eigenvalue weighted by Gasteiger charge is -2.18. The fourth-order valence-corrected chi connectivity index (χ4v) is 4.04. The Morgan fingerprint density at radius 1 is 1.35 bits per heavy atom. The van der Waals surface area contributed by atoms with Gasteiger partial charge in [-0.25, -0.2) is 0 Å². The average molecular weight is 372 g/mol. The highest BCUT2D eigenvalue weighted by Gasteiger charge is 2.35. The molecule has 1 N–H and O–H groups in total. The van der Waals surface area contributed by atoms with Gasteiger partial charge in [0, 0.05) is 31.0 Å². The molecule has 0 unspecified atom stereocenters. The Hall–Kier alpha value is -2.48. The molecule has 2 heterocycles. The summed E-state index contributed by atoms with van der Waals surface area (Å²) < 4.78 is 5.34. The van der Waals surface area contributed by atoms with E-state index in [0.717, 1.165) is 29.2 Å². The van der Waals surface area contributed by atoms with Crippen LogP contribution in [0.3, 0.4) is 0 Å². The standard InChI is InChI=1S/C18H20N4O3S/c1-25-14-5-3-2-4-12(14)9-22-10-13(8-15(22)23)16(24)19-18-21-20-17(26-18)11-6-7-11/h2-5,11,13H,6-10H2,1H3,(H,19,21,24)/t13-/m0/s1. The summed E-state index contributed by atoms with van der Waals surface area (Å²) in [7, 11) is 1.61.